The summed E-state index contributed by atoms with van der Waals surface area (Å²) in [5, 5.41) is 4.76. The topological polar surface area (TPSA) is 58.6 Å². The number of benzene rings is 3. The molecule has 1 aliphatic heterocycles. The van der Waals surface area contributed by atoms with Gasteiger partial charge in [0.1, 0.15) is 11.6 Å². The number of carbonyl (C=O) groups is 2. The summed E-state index contributed by atoms with van der Waals surface area (Å²) in [5.74, 6) is -0.818. The number of likely N-dealkylation sites (N-methyl/N-ethyl adjacent to an activating group) is 1. The molecule has 1 atom stereocenters. The Morgan fingerprint density at radius 1 is 1.19 bits per heavy atom. The van der Waals surface area contributed by atoms with E-state index < -0.39 is 11.7 Å². The van der Waals surface area contributed by atoms with Gasteiger partial charge >= 0.3 is 0 Å². The van der Waals surface area contributed by atoms with E-state index in [1.165, 1.54) is 12.1 Å². The largest absolute Gasteiger partial charge is 0.493 e. The molecule has 6 heteroatoms. The van der Waals surface area contributed by atoms with E-state index in [2.05, 4.69) is 5.32 Å². The average molecular weight is 420 g/mol. The number of rotatable bonds is 6. The second kappa shape index (κ2) is 8.76. The molecular weight excluding hydrogens is 395 g/mol. The zero-order valence-electron chi connectivity index (χ0n) is 17.7. The Balaban J connectivity index is 1.66. The van der Waals surface area contributed by atoms with Crippen LogP contribution < -0.4 is 10.1 Å². The molecular formula is C25H25FN2O3. The molecule has 0 aliphatic carbocycles. The lowest BCUT2D eigenvalue weighted by Gasteiger charge is -2.29. The number of nitrogens with zero attached hydrogens (tertiary/aromatic N) is 1. The monoisotopic (exact) mass is 420 g/mol. The first-order valence-electron chi connectivity index (χ1n) is 10.5. The number of nitrogens with one attached hydrogen (secondary N) is 1. The lowest BCUT2D eigenvalue weighted by molar-refractivity contribution is -0.134. The van der Waals surface area contributed by atoms with Gasteiger partial charge in [-0.15, -0.1) is 0 Å². The predicted octanol–water partition coefficient (Wildman–Crippen LogP) is 4.85. The summed E-state index contributed by atoms with van der Waals surface area (Å²) in [6.07, 6.45) is 0.919. The van der Waals surface area contributed by atoms with Gasteiger partial charge in [-0.3, -0.25) is 9.59 Å². The number of fused-ring (bicyclic) bond motifs is 2. The van der Waals surface area contributed by atoms with Gasteiger partial charge in [0, 0.05) is 31.3 Å². The van der Waals surface area contributed by atoms with Crippen LogP contribution in [-0.2, 0) is 16.1 Å². The van der Waals surface area contributed by atoms with Crippen molar-refractivity contribution in [3.8, 4) is 5.75 Å². The van der Waals surface area contributed by atoms with Crippen LogP contribution in [0, 0.1) is 5.82 Å². The van der Waals surface area contributed by atoms with Crippen molar-refractivity contribution >= 4 is 28.3 Å². The fourth-order valence-corrected chi connectivity index (χ4v) is 4.06. The number of anilines is 1. The Morgan fingerprint density at radius 3 is 2.81 bits per heavy atom. The fraction of sp³-hybridized carbons (Fsp3) is 0.280. The van der Waals surface area contributed by atoms with E-state index in [0.717, 1.165) is 28.5 Å². The lowest BCUT2D eigenvalue weighted by atomic mass is 9.89. The molecule has 0 spiro atoms. The van der Waals surface area contributed by atoms with Crippen molar-refractivity contribution in [2.75, 3.05) is 19.0 Å². The van der Waals surface area contributed by atoms with Crippen molar-refractivity contribution in [1.82, 2.24) is 4.90 Å². The van der Waals surface area contributed by atoms with Crippen LogP contribution in [0.25, 0.3) is 10.8 Å². The third-order valence-electron chi connectivity index (χ3n) is 5.58. The van der Waals surface area contributed by atoms with Gasteiger partial charge < -0.3 is 15.0 Å². The molecule has 1 N–H and O–H groups in total. The zero-order chi connectivity index (χ0) is 22.0. The summed E-state index contributed by atoms with van der Waals surface area (Å²) in [6.45, 7) is 2.98. The Labute approximate surface area is 180 Å². The molecule has 0 saturated carbocycles. The van der Waals surface area contributed by atoms with Crippen LogP contribution in [0.3, 0.4) is 0 Å². The van der Waals surface area contributed by atoms with Gasteiger partial charge in [0.2, 0.25) is 11.8 Å². The van der Waals surface area contributed by atoms with Crippen molar-refractivity contribution in [3.05, 3.63) is 71.5 Å². The maximum Gasteiger partial charge on any atom is 0.230 e. The molecule has 0 unspecified atom stereocenters. The third kappa shape index (κ3) is 4.24. The van der Waals surface area contributed by atoms with Crippen molar-refractivity contribution < 1.29 is 18.7 Å². The number of carbonyl (C=O) groups excluding carboxylic acids is 2. The summed E-state index contributed by atoms with van der Waals surface area (Å²) in [6, 6.07) is 16.1. The molecule has 0 aromatic heterocycles. The molecule has 0 bridgehead atoms. The minimum atomic E-state index is -0.649. The molecule has 5 nitrogen and oxygen atoms in total. The first-order valence-corrected chi connectivity index (χ1v) is 10.5. The van der Waals surface area contributed by atoms with Crippen LogP contribution in [-0.4, -0.2) is 30.4 Å². The van der Waals surface area contributed by atoms with E-state index in [1.54, 1.807) is 18.0 Å². The van der Waals surface area contributed by atoms with Crippen LogP contribution in [0.1, 0.15) is 36.8 Å². The summed E-state index contributed by atoms with van der Waals surface area (Å²) in [7, 11) is 1.73. The van der Waals surface area contributed by atoms with E-state index in [-0.39, 0.29) is 18.2 Å². The Bertz CT molecular complexity index is 1140. The Kier molecular flexibility index (Phi) is 5.89. The van der Waals surface area contributed by atoms with Gasteiger partial charge in [-0.05, 0) is 41.0 Å². The molecule has 31 heavy (non-hydrogen) atoms. The molecule has 1 aliphatic rings. The average Bonchev–Trinajstić information content (AvgIpc) is 2.77. The van der Waals surface area contributed by atoms with E-state index >= 15 is 0 Å². The van der Waals surface area contributed by atoms with Crippen molar-refractivity contribution in [1.29, 1.82) is 0 Å². The number of ether oxygens (including phenoxy) is 1. The summed E-state index contributed by atoms with van der Waals surface area (Å²) < 4.78 is 19.6. The highest BCUT2D eigenvalue weighted by Crippen LogP contribution is 2.35. The second-order valence-electron chi connectivity index (χ2n) is 7.84. The number of hydrogen-bond acceptors (Lipinski definition) is 3. The smallest absolute Gasteiger partial charge is 0.230 e. The van der Waals surface area contributed by atoms with Gasteiger partial charge in [-0.1, -0.05) is 43.3 Å². The first-order chi connectivity index (χ1) is 15.0. The summed E-state index contributed by atoms with van der Waals surface area (Å²) >= 11 is 0. The Morgan fingerprint density at radius 2 is 2.00 bits per heavy atom. The first kappa shape index (κ1) is 20.8. The molecule has 1 heterocycles. The molecule has 3 aromatic carbocycles. The molecule has 3 aromatic rings. The van der Waals surface area contributed by atoms with Gasteiger partial charge in [0.25, 0.3) is 0 Å². The Hall–Kier alpha value is -3.41. The molecule has 4 rings (SSSR count). The van der Waals surface area contributed by atoms with Crippen LogP contribution >= 0.6 is 0 Å². The molecule has 0 radical (unpaired) electrons. The van der Waals surface area contributed by atoms with Gasteiger partial charge in [0.05, 0.1) is 12.5 Å². The quantitative estimate of drug-likeness (QED) is 0.620. The third-order valence-corrected chi connectivity index (χ3v) is 5.58. The zero-order valence-corrected chi connectivity index (χ0v) is 17.7. The van der Waals surface area contributed by atoms with Crippen LogP contribution in [0.2, 0.25) is 0 Å². The van der Waals surface area contributed by atoms with Crippen LogP contribution in [0.4, 0.5) is 10.1 Å². The van der Waals surface area contributed by atoms with Gasteiger partial charge in [0.15, 0.2) is 0 Å². The van der Waals surface area contributed by atoms with E-state index in [4.69, 9.17) is 4.74 Å². The normalized spacial score (nSPS) is 15.3. The van der Waals surface area contributed by atoms with Crippen LogP contribution in [0.15, 0.2) is 54.6 Å². The van der Waals surface area contributed by atoms with E-state index in [1.807, 2.05) is 43.3 Å². The molecule has 2 amide bonds. The van der Waals surface area contributed by atoms with Crippen molar-refractivity contribution in [2.24, 2.45) is 0 Å². The fourth-order valence-electron chi connectivity index (χ4n) is 4.06. The summed E-state index contributed by atoms with van der Waals surface area (Å²) in [5.41, 5.74) is 1.93. The molecule has 160 valence electrons. The summed E-state index contributed by atoms with van der Waals surface area (Å²) in [4.78, 5) is 27.1. The molecule has 0 fully saturated rings. The highest BCUT2D eigenvalue weighted by atomic mass is 19.1. The van der Waals surface area contributed by atoms with Crippen molar-refractivity contribution in [2.45, 2.75) is 32.2 Å². The van der Waals surface area contributed by atoms with Crippen molar-refractivity contribution in [3.63, 3.8) is 0 Å². The molecule has 0 saturated heterocycles. The number of halogens is 1. The van der Waals surface area contributed by atoms with E-state index in [9.17, 15) is 14.0 Å². The van der Waals surface area contributed by atoms with Gasteiger partial charge in [-0.25, -0.2) is 4.39 Å². The second-order valence-corrected chi connectivity index (χ2v) is 7.84. The lowest BCUT2D eigenvalue weighted by Crippen LogP contribution is -2.36. The SMILES string of the molecule is CCCOc1ccc2ccccc2c1CN(C)C(=O)[C@@H]1CC(=O)Nc2cc(F)ccc21. The predicted molar refractivity (Wildman–Crippen MR) is 119 cm³/mol. The standard InChI is InChI=1S/C25H25FN2O3/c1-3-12-31-23-11-8-16-6-4-5-7-18(16)21(23)15-28(2)25(30)20-14-24(29)27-22-13-17(26)9-10-19(20)22/h4-11,13,20H,3,12,14-15H2,1-2H3,(H,27,29)/t20-/m1/s1. The van der Waals surface area contributed by atoms with Gasteiger partial charge in [-0.2, -0.15) is 0 Å². The number of hydrogen-bond donors (Lipinski definition) is 1. The highest BCUT2D eigenvalue weighted by Gasteiger charge is 2.33. The van der Waals surface area contributed by atoms with E-state index in [0.29, 0.717) is 24.4 Å². The maximum absolute atomic E-state index is 13.6. The minimum Gasteiger partial charge on any atom is -0.493 e. The van der Waals surface area contributed by atoms with Crippen LogP contribution in [0.5, 0.6) is 5.75 Å². The maximum atomic E-state index is 13.6. The minimum absolute atomic E-state index is 0.0382. The highest BCUT2D eigenvalue weighted by molar-refractivity contribution is 6.01. The number of amides is 2.